The van der Waals surface area contributed by atoms with Crippen molar-refractivity contribution in [2.45, 2.75) is 0 Å². The van der Waals surface area contributed by atoms with Crippen molar-refractivity contribution in [2.75, 3.05) is 24.3 Å². The van der Waals surface area contributed by atoms with Crippen LogP contribution in [-0.4, -0.2) is 40.2 Å². The number of nitrogens with zero attached hydrogens (tertiary/aromatic N) is 3. The first-order chi connectivity index (χ1) is 12.8. The van der Waals surface area contributed by atoms with E-state index in [1.165, 1.54) is 12.3 Å². The standard InChI is InChI=1S/C18H16N4O5/c1-21(2)10-3-5-14-12(7-10)17(13(9-19-14)18(24)25)20-15-8-11(22(26)27)4-6-16(15)23/h3-9,23H,1-2H3,(H,19,20)(H,24,25). The molecular weight excluding hydrogens is 352 g/mol. The Hall–Kier alpha value is -3.88. The number of nitro benzene ring substituents is 1. The Kier molecular flexibility index (Phi) is 4.51. The molecule has 2 aromatic carbocycles. The molecule has 9 heteroatoms. The van der Waals surface area contributed by atoms with Gasteiger partial charge in [-0.1, -0.05) is 0 Å². The normalized spacial score (nSPS) is 10.6. The van der Waals surface area contributed by atoms with Crippen LogP contribution in [0.5, 0.6) is 5.75 Å². The molecule has 1 heterocycles. The maximum Gasteiger partial charge on any atom is 0.339 e. The molecule has 138 valence electrons. The number of phenols is 1. The van der Waals surface area contributed by atoms with Gasteiger partial charge < -0.3 is 20.4 Å². The molecule has 0 saturated carbocycles. The summed E-state index contributed by atoms with van der Waals surface area (Å²) in [7, 11) is 3.68. The topological polar surface area (TPSA) is 129 Å². The molecule has 27 heavy (non-hydrogen) atoms. The summed E-state index contributed by atoms with van der Waals surface area (Å²) < 4.78 is 0. The molecule has 9 nitrogen and oxygen atoms in total. The number of rotatable bonds is 5. The number of anilines is 3. The zero-order valence-corrected chi connectivity index (χ0v) is 14.5. The zero-order valence-electron chi connectivity index (χ0n) is 14.5. The van der Waals surface area contributed by atoms with Gasteiger partial charge in [0.05, 0.1) is 21.8 Å². The molecule has 0 spiro atoms. The van der Waals surface area contributed by atoms with Crippen LogP contribution in [0.25, 0.3) is 10.9 Å². The zero-order chi connectivity index (χ0) is 19.7. The minimum absolute atomic E-state index is 0.0226. The van der Waals surface area contributed by atoms with E-state index in [9.17, 15) is 25.1 Å². The lowest BCUT2D eigenvalue weighted by Crippen LogP contribution is -2.09. The fourth-order valence-corrected chi connectivity index (χ4v) is 2.63. The molecule has 0 bridgehead atoms. The summed E-state index contributed by atoms with van der Waals surface area (Å²) in [6.07, 6.45) is 1.21. The van der Waals surface area contributed by atoms with Crippen LogP contribution in [0, 0.1) is 10.1 Å². The van der Waals surface area contributed by atoms with Crippen molar-refractivity contribution in [3.05, 3.63) is 58.3 Å². The van der Waals surface area contributed by atoms with Gasteiger partial charge in [0.2, 0.25) is 0 Å². The van der Waals surface area contributed by atoms with Crippen LogP contribution in [0.1, 0.15) is 10.4 Å². The van der Waals surface area contributed by atoms with Crippen LogP contribution < -0.4 is 10.2 Å². The second kappa shape index (κ2) is 6.79. The number of hydrogen-bond donors (Lipinski definition) is 3. The third-order valence-electron chi connectivity index (χ3n) is 4.05. The highest BCUT2D eigenvalue weighted by Crippen LogP contribution is 2.36. The van der Waals surface area contributed by atoms with Gasteiger partial charge in [-0.25, -0.2) is 4.79 Å². The Morgan fingerprint density at radius 2 is 1.96 bits per heavy atom. The molecule has 0 radical (unpaired) electrons. The second-order valence-electron chi connectivity index (χ2n) is 6.03. The first-order valence-corrected chi connectivity index (χ1v) is 7.85. The number of aromatic hydroxyl groups is 1. The van der Waals surface area contributed by atoms with E-state index < -0.39 is 10.9 Å². The summed E-state index contributed by atoms with van der Waals surface area (Å²) in [6.45, 7) is 0. The summed E-state index contributed by atoms with van der Waals surface area (Å²) in [5.41, 5.74) is 1.21. The van der Waals surface area contributed by atoms with Crippen LogP contribution in [-0.2, 0) is 0 Å². The number of carbonyl (C=O) groups is 1. The minimum Gasteiger partial charge on any atom is -0.506 e. The lowest BCUT2D eigenvalue weighted by Gasteiger charge is -2.17. The van der Waals surface area contributed by atoms with Crippen LogP contribution in [0.2, 0.25) is 0 Å². The van der Waals surface area contributed by atoms with E-state index >= 15 is 0 Å². The van der Waals surface area contributed by atoms with Gasteiger partial charge in [-0.15, -0.1) is 0 Å². The molecule has 0 aliphatic carbocycles. The van der Waals surface area contributed by atoms with Gasteiger partial charge in [-0.05, 0) is 24.3 Å². The molecule has 3 aromatic rings. The molecular formula is C18H16N4O5. The Morgan fingerprint density at radius 3 is 2.59 bits per heavy atom. The number of hydrogen-bond acceptors (Lipinski definition) is 7. The number of pyridine rings is 1. The Morgan fingerprint density at radius 1 is 1.22 bits per heavy atom. The van der Waals surface area contributed by atoms with Gasteiger partial charge in [0.25, 0.3) is 5.69 Å². The first-order valence-electron chi connectivity index (χ1n) is 7.85. The number of fused-ring (bicyclic) bond motifs is 1. The predicted octanol–water partition coefficient (Wildman–Crippen LogP) is 3.36. The number of aromatic carboxylic acids is 1. The summed E-state index contributed by atoms with van der Waals surface area (Å²) in [5, 5.41) is 33.9. The van der Waals surface area contributed by atoms with E-state index in [1.54, 1.807) is 12.1 Å². The van der Waals surface area contributed by atoms with Crippen LogP contribution in [0.4, 0.5) is 22.7 Å². The van der Waals surface area contributed by atoms with E-state index in [0.717, 1.165) is 17.8 Å². The van der Waals surface area contributed by atoms with E-state index in [4.69, 9.17) is 0 Å². The first kappa shape index (κ1) is 17.9. The Bertz CT molecular complexity index is 1070. The van der Waals surface area contributed by atoms with Gasteiger partial charge in [0.15, 0.2) is 0 Å². The quantitative estimate of drug-likeness (QED) is 0.355. The number of benzene rings is 2. The number of phenolic OH excluding ortho intramolecular Hbond substituents is 1. The van der Waals surface area contributed by atoms with Crippen molar-refractivity contribution in [3.8, 4) is 5.75 Å². The number of non-ortho nitro benzene ring substituents is 1. The highest BCUT2D eigenvalue weighted by atomic mass is 16.6. The Labute approximate surface area is 153 Å². The van der Waals surface area contributed by atoms with Crippen molar-refractivity contribution in [1.82, 2.24) is 4.98 Å². The molecule has 3 N–H and O–H groups in total. The monoisotopic (exact) mass is 368 g/mol. The van der Waals surface area contributed by atoms with E-state index in [2.05, 4.69) is 10.3 Å². The van der Waals surface area contributed by atoms with E-state index in [0.29, 0.717) is 10.9 Å². The van der Waals surface area contributed by atoms with Gasteiger partial charge >= 0.3 is 5.97 Å². The maximum atomic E-state index is 11.7. The number of nitrogens with one attached hydrogen (secondary N) is 1. The summed E-state index contributed by atoms with van der Waals surface area (Å²) in [6, 6.07) is 8.82. The number of nitro groups is 1. The largest absolute Gasteiger partial charge is 0.506 e. The number of aromatic nitrogens is 1. The highest BCUT2D eigenvalue weighted by molar-refractivity contribution is 6.06. The smallest absolute Gasteiger partial charge is 0.339 e. The van der Waals surface area contributed by atoms with Gasteiger partial charge in [-0.2, -0.15) is 0 Å². The lowest BCUT2D eigenvalue weighted by atomic mass is 10.1. The average molecular weight is 368 g/mol. The van der Waals surface area contributed by atoms with Gasteiger partial charge in [0, 0.05) is 43.5 Å². The Balaban J connectivity index is 2.24. The van der Waals surface area contributed by atoms with Gasteiger partial charge in [-0.3, -0.25) is 15.1 Å². The van der Waals surface area contributed by atoms with Crippen molar-refractivity contribution in [3.63, 3.8) is 0 Å². The lowest BCUT2D eigenvalue weighted by molar-refractivity contribution is -0.384. The molecule has 0 atom stereocenters. The van der Waals surface area contributed by atoms with Crippen LogP contribution in [0.3, 0.4) is 0 Å². The van der Waals surface area contributed by atoms with Crippen molar-refractivity contribution < 1.29 is 19.9 Å². The van der Waals surface area contributed by atoms with Crippen molar-refractivity contribution in [1.29, 1.82) is 0 Å². The molecule has 0 aliphatic rings. The number of carboxylic acid groups (broad SMARTS) is 1. The minimum atomic E-state index is -1.22. The summed E-state index contributed by atoms with van der Waals surface area (Å²) in [4.78, 5) is 28.1. The predicted molar refractivity (Wildman–Crippen MR) is 101 cm³/mol. The molecule has 0 amide bonds. The molecule has 1 aromatic heterocycles. The SMILES string of the molecule is CN(C)c1ccc2ncc(C(=O)O)c(Nc3cc([N+](=O)[O-])ccc3O)c2c1. The second-order valence-corrected chi connectivity index (χ2v) is 6.03. The van der Waals surface area contributed by atoms with Crippen molar-refractivity contribution in [2.24, 2.45) is 0 Å². The molecule has 0 saturated heterocycles. The fraction of sp³-hybridized carbons (Fsp3) is 0.111. The van der Waals surface area contributed by atoms with Crippen LogP contribution >= 0.6 is 0 Å². The molecule has 0 aliphatic heterocycles. The number of carboxylic acids is 1. The van der Waals surface area contributed by atoms with Crippen molar-refractivity contribution >= 4 is 39.6 Å². The maximum absolute atomic E-state index is 11.7. The third kappa shape index (κ3) is 3.43. The van der Waals surface area contributed by atoms with E-state index in [1.807, 2.05) is 25.1 Å². The third-order valence-corrected chi connectivity index (χ3v) is 4.05. The van der Waals surface area contributed by atoms with Crippen LogP contribution in [0.15, 0.2) is 42.6 Å². The summed E-state index contributed by atoms with van der Waals surface area (Å²) >= 11 is 0. The summed E-state index contributed by atoms with van der Waals surface area (Å²) in [5.74, 6) is -1.46. The fourth-order valence-electron chi connectivity index (χ4n) is 2.63. The highest BCUT2D eigenvalue weighted by Gasteiger charge is 2.18. The van der Waals surface area contributed by atoms with E-state index in [-0.39, 0.29) is 28.4 Å². The van der Waals surface area contributed by atoms with Gasteiger partial charge in [0.1, 0.15) is 11.3 Å². The molecule has 3 rings (SSSR count). The average Bonchev–Trinajstić information content (AvgIpc) is 2.62. The molecule has 0 fully saturated rings. The molecule has 0 unspecified atom stereocenters.